The Morgan fingerprint density at radius 3 is 2.76 bits per heavy atom. The number of piperidine rings is 1. The molecule has 0 aromatic rings. The van der Waals surface area contributed by atoms with Crippen molar-refractivity contribution in [1.29, 1.82) is 0 Å². The summed E-state index contributed by atoms with van der Waals surface area (Å²) in [6.07, 6.45) is 8.10. The summed E-state index contributed by atoms with van der Waals surface area (Å²) in [4.78, 5) is 35.0. The van der Waals surface area contributed by atoms with Crippen LogP contribution in [0, 0.1) is 5.92 Å². The number of allylic oxidation sites excluding steroid dienone is 3. The number of hydrogen-bond donors (Lipinski definition) is 2. The van der Waals surface area contributed by atoms with Crippen LogP contribution in [-0.4, -0.2) is 23.8 Å². The van der Waals surface area contributed by atoms with Crippen LogP contribution in [-0.2, 0) is 14.4 Å². The summed E-state index contributed by atoms with van der Waals surface area (Å²) in [6.45, 7) is 3.88. The van der Waals surface area contributed by atoms with Crippen LogP contribution in [0.1, 0.15) is 26.7 Å². The van der Waals surface area contributed by atoms with E-state index in [1.807, 2.05) is 32.1 Å². The van der Waals surface area contributed by atoms with Crippen molar-refractivity contribution < 1.29 is 14.4 Å². The van der Waals surface area contributed by atoms with Gasteiger partial charge in [0.05, 0.1) is 5.57 Å². The normalized spacial score (nSPS) is 28.5. The Labute approximate surface area is 123 Å². The van der Waals surface area contributed by atoms with E-state index in [9.17, 15) is 14.4 Å². The maximum atomic E-state index is 12.2. The average Bonchev–Trinajstić information content (AvgIpc) is 2.42. The smallest absolute Gasteiger partial charge is 0.259 e. The van der Waals surface area contributed by atoms with E-state index in [1.54, 1.807) is 6.08 Å². The van der Waals surface area contributed by atoms with Gasteiger partial charge >= 0.3 is 0 Å². The molecule has 0 aromatic heterocycles. The molecule has 2 rings (SSSR count). The maximum absolute atomic E-state index is 12.2. The summed E-state index contributed by atoms with van der Waals surface area (Å²) in [6, 6.07) is -0.670. The quantitative estimate of drug-likeness (QED) is 0.590. The molecule has 1 aliphatic heterocycles. The second-order valence-corrected chi connectivity index (χ2v) is 5.28. The first-order chi connectivity index (χ1) is 9.95. The van der Waals surface area contributed by atoms with Gasteiger partial charge in [0.1, 0.15) is 6.04 Å². The predicted octanol–water partition coefficient (Wildman–Crippen LogP) is 1.14. The summed E-state index contributed by atoms with van der Waals surface area (Å²) < 4.78 is 0. The summed E-state index contributed by atoms with van der Waals surface area (Å²) in [5.41, 5.74) is 4.23. The molecular formula is C16H18N2O3. The van der Waals surface area contributed by atoms with E-state index in [2.05, 4.69) is 16.4 Å². The monoisotopic (exact) mass is 286 g/mol. The van der Waals surface area contributed by atoms with Gasteiger partial charge in [-0.05, 0) is 30.9 Å². The van der Waals surface area contributed by atoms with Crippen LogP contribution in [0.25, 0.3) is 0 Å². The molecule has 3 amide bonds. The number of carbonyl (C=O) groups is 3. The molecule has 21 heavy (non-hydrogen) atoms. The minimum Gasteiger partial charge on any atom is -0.340 e. The van der Waals surface area contributed by atoms with Crippen molar-refractivity contribution in [1.82, 2.24) is 10.6 Å². The van der Waals surface area contributed by atoms with Gasteiger partial charge in [-0.1, -0.05) is 25.2 Å². The molecule has 0 spiro atoms. The third kappa shape index (κ3) is 4.04. The molecule has 2 atom stereocenters. The molecule has 1 saturated heterocycles. The van der Waals surface area contributed by atoms with Crippen LogP contribution in [0.3, 0.4) is 0 Å². The van der Waals surface area contributed by atoms with Gasteiger partial charge in [-0.25, -0.2) is 0 Å². The molecule has 1 aliphatic carbocycles. The standard InChI is InChI=1S/C16H18N2O3/c1-10-3-4-11(2)9-12(6-5-10)15(20)17-13-7-8-14(19)18-16(13)21/h3-6,10,13H,7-8H2,1-2H3,(H,17,20)(H,18,19,21)/b4-3-,6-5-. The molecule has 5 heteroatoms. The van der Waals surface area contributed by atoms with Crippen molar-refractivity contribution in [2.75, 3.05) is 0 Å². The Bertz CT molecular complexity index is 607. The average molecular weight is 286 g/mol. The highest BCUT2D eigenvalue weighted by molar-refractivity contribution is 6.04. The zero-order valence-corrected chi connectivity index (χ0v) is 12.1. The molecule has 5 nitrogen and oxygen atoms in total. The van der Waals surface area contributed by atoms with E-state index in [0.717, 1.165) is 5.57 Å². The topological polar surface area (TPSA) is 75.3 Å². The van der Waals surface area contributed by atoms with Crippen LogP contribution >= 0.6 is 0 Å². The fourth-order valence-corrected chi connectivity index (χ4v) is 2.10. The Morgan fingerprint density at radius 1 is 1.33 bits per heavy atom. The molecule has 0 saturated carbocycles. The Hall–Kier alpha value is -2.39. The Morgan fingerprint density at radius 2 is 2.05 bits per heavy atom. The SMILES string of the molecule is CC1=C=C(C(=O)NC2CCC(=O)NC2=O)/C=C\C(C)/C=C\1. The largest absolute Gasteiger partial charge is 0.340 e. The number of carbonyl (C=O) groups excluding carboxylic acids is 3. The first-order valence-electron chi connectivity index (χ1n) is 6.94. The van der Waals surface area contributed by atoms with Crippen LogP contribution in [0.15, 0.2) is 41.2 Å². The highest BCUT2D eigenvalue weighted by Crippen LogP contribution is 2.11. The summed E-state index contributed by atoms with van der Waals surface area (Å²) in [5, 5.41) is 4.87. The van der Waals surface area contributed by atoms with E-state index in [-0.39, 0.29) is 24.2 Å². The second kappa shape index (κ2) is 6.37. The summed E-state index contributed by atoms with van der Waals surface area (Å²) in [5.74, 6) is -0.891. The molecule has 0 bridgehead atoms. The zero-order valence-electron chi connectivity index (χ0n) is 12.1. The fraction of sp³-hybridized carbons (Fsp3) is 0.375. The van der Waals surface area contributed by atoms with E-state index in [4.69, 9.17) is 0 Å². The van der Waals surface area contributed by atoms with Crippen molar-refractivity contribution in [3.05, 3.63) is 41.2 Å². The lowest BCUT2D eigenvalue weighted by Crippen LogP contribution is -2.52. The number of amides is 3. The molecule has 1 heterocycles. The van der Waals surface area contributed by atoms with Crippen LogP contribution in [0.5, 0.6) is 0 Å². The molecule has 2 unspecified atom stereocenters. The Kier molecular flexibility index (Phi) is 4.55. The van der Waals surface area contributed by atoms with E-state index in [1.165, 1.54) is 0 Å². The van der Waals surface area contributed by atoms with E-state index < -0.39 is 11.9 Å². The van der Waals surface area contributed by atoms with Gasteiger partial charge in [0.2, 0.25) is 11.8 Å². The number of imide groups is 1. The number of rotatable bonds is 2. The Balaban J connectivity index is 2.14. The van der Waals surface area contributed by atoms with Crippen LogP contribution in [0.2, 0.25) is 0 Å². The summed E-state index contributed by atoms with van der Waals surface area (Å²) >= 11 is 0. The van der Waals surface area contributed by atoms with Crippen LogP contribution in [0.4, 0.5) is 0 Å². The lowest BCUT2D eigenvalue weighted by Gasteiger charge is -2.21. The molecule has 2 aliphatic rings. The predicted molar refractivity (Wildman–Crippen MR) is 78.0 cm³/mol. The third-order valence-electron chi connectivity index (χ3n) is 3.34. The minimum absolute atomic E-state index is 0.223. The lowest BCUT2D eigenvalue weighted by atomic mass is 10.0. The van der Waals surface area contributed by atoms with Crippen molar-refractivity contribution in [2.24, 2.45) is 5.92 Å². The van der Waals surface area contributed by atoms with Gasteiger partial charge in [0.15, 0.2) is 0 Å². The second-order valence-electron chi connectivity index (χ2n) is 5.28. The van der Waals surface area contributed by atoms with Gasteiger partial charge in [-0.3, -0.25) is 19.7 Å². The molecule has 0 aromatic carbocycles. The zero-order chi connectivity index (χ0) is 15.4. The van der Waals surface area contributed by atoms with Gasteiger partial charge in [-0.2, -0.15) is 0 Å². The third-order valence-corrected chi connectivity index (χ3v) is 3.34. The molecule has 0 radical (unpaired) electrons. The highest BCUT2D eigenvalue weighted by atomic mass is 16.2. The van der Waals surface area contributed by atoms with Crippen molar-refractivity contribution in [3.8, 4) is 0 Å². The van der Waals surface area contributed by atoms with Gasteiger partial charge in [0.25, 0.3) is 5.91 Å². The summed E-state index contributed by atoms with van der Waals surface area (Å²) in [7, 11) is 0. The van der Waals surface area contributed by atoms with Crippen molar-refractivity contribution in [2.45, 2.75) is 32.7 Å². The minimum atomic E-state index is -0.670. The van der Waals surface area contributed by atoms with Gasteiger partial charge in [0, 0.05) is 6.42 Å². The van der Waals surface area contributed by atoms with Gasteiger partial charge < -0.3 is 5.32 Å². The number of hydrogen-bond acceptors (Lipinski definition) is 3. The number of nitrogens with one attached hydrogen (secondary N) is 2. The van der Waals surface area contributed by atoms with Crippen molar-refractivity contribution >= 4 is 17.7 Å². The van der Waals surface area contributed by atoms with Crippen molar-refractivity contribution in [3.63, 3.8) is 0 Å². The fourth-order valence-electron chi connectivity index (χ4n) is 2.10. The van der Waals surface area contributed by atoms with E-state index in [0.29, 0.717) is 12.0 Å². The molecular weight excluding hydrogens is 268 g/mol. The van der Waals surface area contributed by atoms with Gasteiger partial charge in [-0.15, -0.1) is 5.73 Å². The molecule has 2 N–H and O–H groups in total. The maximum Gasteiger partial charge on any atom is 0.259 e. The molecule has 1 fully saturated rings. The first kappa shape index (κ1) is 15.0. The first-order valence-corrected chi connectivity index (χ1v) is 6.94. The highest BCUT2D eigenvalue weighted by Gasteiger charge is 2.28. The van der Waals surface area contributed by atoms with E-state index >= 15 is 0 Å². The van der Waals surface area contributed by atoms with Crippen LogP contribution < -0.4 is 10.6 Å². The lowest BCUT2D eigenvalue weighted by molar-refractivity contribution is -0.136. The molecule has 110 valence electrons.